The van der Waals surface area contributed by atoms with Gasteiger partial charge in [-0.2, -0.15) is 0 Å². The molecule has 0 atom stereocenters. The van der Waals surface area contributed by atoms with Crippen LogP contribution in [0.5, 0.6) is 0 Å². The maximum absolute atomic E-state index is 3.52. The van der Waals surface area contributed by atoms with Crippen molar-refractivity contribution in [2.45, 2.75) is 46.0 Å². The minimum atomic E-state index is 0.125. The van der Waals surface area contributed by atoms with Crippen LogP contribution in [-0.4, -0.2) is 4.98 Å². The van der Waals surface area contributed by atoms with Crippen molar-refractivity contribution in [2.75, 3.05) is 0 Å². The van der Waals surface area contributed by atoms with Gasteiger partial charge in [0, 0.05) is 16.7 Å². The normalized spacial score (nSPS) is 15.9. The lowest BCUT2D eigenvalue weighted by atomic mass is 9.81. The second-order valence-corrected chi connectivity index (χ2v) is 6.33. The average molecular weight is 239 g/mol. The van der Waals surface area contributed by atoms with Gasteiger partial charge in [-0.05, 0) is 35.6 Å². The van der Waals surface area contributed by atoms with E-state index in [9.17, 15) is 0 Å². The molecule has 18 heavy (non-hydrogen) atoms. The van der Waals surface area contributed by atoms with E-state index in [-0.39, 0.29) is 5.41 Å². The number of aromatic nitrogens is 1. The quantitative estimate of drug-likeness (QED) is 0.739. The van der Waals surface area contributed by atoms with Gasteiger partial charge in [0.1, 0.15) is 0 Å². The average Bonchev–Trinajstić information content (AvgIpc) is 2.78. The van der Waals surface area contributed by atoms with Crippen molar-refractivity contribution in [3.05, 3.63) is 46.6 Å². The number of hydrogen-bond acceptors (Lipinski definition) is 0. The van der Waals surface area contributed by atoms with E-state index < -0.39 is 0 Å². The van der Waals surface area contributed by atoms with Crippen LogP contribution in [0.25, 0.3) is 11.3 Å². The molecule has 2 aromatic rings. The Hall–Kier alpha value is -1.50. The monoisotopic (exact) mass is 239 g/mol. The molecule has 3 rings (SSSR count). The summed E-state index contributed by atoms with van der Waals surface area (Å²) in [6, 6.07) is 9.24. The van der Waals surface area contributed by atoms with Crippen LogP contribution >= 0.6 is 0 Å². The maximum atomic E-state index is 3.52. The largest absolute Gasteiger partial charge is 0.358 e. The number of fused-ring (bicyclic) bond motifs is 3. The highest BCUT2D eigenvalue weighted by molar-refractivity contribution is 5.79. The first-order chi connectivity index (χ1) is 8.41. The van der Waals surface area contributed by atoms with Crippen LogP contribution in [0, 0.1) is 6.92 Å². The number of hydrogen-bond donors (Lipinski definition) is 1. The predicted molar refractivity (Wildman–Crippen MR) is 77.2 cm³/mol. The van der Waals surface area contributed by atoms with Crippen LogP contribution in [-0.2, 0) is 5.41 Å². The summed E-state index contributed by atoms with van der Waals surface area (Å²) in [7, 11) is 0. The third-order valence-corrected chi connectivity index (χ3v) is 4.28. The number of aromatic amines is 1. The van der Waals surface area contributed by atoms with Gasteiger partial charge in [-0.25, -0.2) is 0 Å². The highest BCUT2D eigenvalue weighted by atomic mass is 14.7. The predicted octanol–water partition coefficient (Wildman–Crippen LogP) is 4.75. The van der Waals surface area contributed by atoms with E-state index in [0.717, 1.165) is 0 Å². The Balaban J connectivity index is 2.26. The Morgan fingerprint density at radius 2 is 1.78 bits per heavy atom. The third-order valence-electron chi connectivity index (χ3n) is 4.28. The summed E-state index contributed by atoms with van der Waals surface area (Å²) in [6.07, 6.45) is 0. The summed E-state index contributed by atoms with van der Waals surface area (Å²) >= 11 is 0. The van der Waals surface area contributed by atoms with Crippen LogP contribution in [0.3, 0.4) is 0 Å². The van der Waals surface area contributed by atoms with Crippen LogP contribution in [0.1, 0.15) is 56.0 Å². The lowest BCUT2D eigenvalue weighted by Crippen LogP contribution is -2.14. The topological polar surface area (TPSA) is 15.8 Å². The Kier molecular flexibility index (Phi) is 2.25. The lowest BCUT2D eigenvalue weighted by Gasteiger charge is -2.21. The maximum Gasteiger partial charge on any atom is 0.0500 e. The molecular formula is C17H21N. The Morgan fingerprint density at radius 1 is 1.06 bits per heavy atom. The fourth-order valence-corrected chi connectivity index (χ4v) is 3.10. The summed E-state index contributed by atoms with van der Waals surface area (Å²) in [5.74, 6) is 0.590. The molecule has 0 unspecified atom stereocenters. The summed E-state index contributed by atoms with van der Waals surface area (Å²) in [5, 5.41) is 0. The van der Waals surface area contributed by atoms with Crippen molar-refractivity contribution in [1.82, 2.24) is 4.98 Å². The van der Waals surface area contributed by atoms with E-state index in [0.29, 0.717) is 5.92 Å². The number of H-pyrrole nitrogens is 1. The van der Waals surface area contributed by atoms with Crippen molar-refractivity contribution < 1.29 is 0 Å². The van der Waals surface area contributed by atoms with Gasteiger partial charge in [0.15, 0.2) is 0 Å². The van der Waals surface area contributed by atoms with Gasteiger partial charge in [0.25, 0.3) is 0 Å². The highest BCUT2D eigenvalue weighted by Crippen LogP contribution is 2.49. The van der Waals surface area contributed by atoms with Crippen LogP contribution in [0.15, 0.2) is 24.3 Å². The molecular weight excluding hydrogens is 218 g/mol. The van der Waals surface area contributed by atoms with Crippen LogP contribution < -0.4 is 0 Å². The van der Waals surface area contributed by atoms with Crippen molar-refractivity contribution in [2.24, 2.45) is 0 Å². The Bertz CT molecular complexity index is 615. The zero-order valence-electron chi connectivity index (χ0n) is 11.9. The molecule has 0 amide bonds. The molecule has 1 N–H and O–H groups in total. The van der Waals surface area contributed by atoms with Crippen molar-refractivity contribution in [1.29, 1.82) is 0 Å². The first-order valence-corrected chi connectivity index (χ1v) is 6.76. The van der Waals surface area contributed by atoms with Gasteiger partial charge in [-0.15, -0.1) is 0 Å². The Morgan fingerprint density at radius 3 is 2.44 bits per heavy atom. The molecule has 0 fully saturated rings. The summed E-state index contributed by atoms with van der Waals surface area (Å²) < 4.78 is 0. The second-order valence-electron chi connectivity index (χ2n) is 6.33. The molecule has 0 spiro atoms. The molecule has 1 aromatic heterocycles. The minimum absolute atomic E-state index is 0.125. The highest BCUT2D eigenvalue weighted by Gasteiger charge is 2.36. The van der Waals surface area contributed by atoms with E-state index in [1.54, 1.807) is 0 Å². The fraction of sp³-hybridized carbons (Fsp3) is 0.412. The molecule has 1 aliphatic rings. The Labute approximate surface area is 109 Å². The SMILES string of the molecule is Cc1cc2c([nH]1)-c1ccc(C(C)C)cc1C2(C)C. The fourth-order valence-electron chi connectivity index (χ4n) is 3.10. The molecule has 0 radical (unpaired) electrons. The number of nitrogens with one attached hydrogen (secondary N) is 1. The number of aryl methyl sites for hydroxylation is 1. The second kappa shape index (κ2) is 3.50. The standard InChI is InChI=1S/C17H21N/c1-10(2)12-6-7-13-14(9-12)17(4,5)15-8-11(3)18-16(13)15/h6-10,18H,1-5H3. The van der Waals surface area contributed by atoms with Crippen LogP contribution in [0.4, 0.5) is 0 Å². The summed E-state index contributed by atoms with van der Waals surface area (Å²) in [6.45, 7) is 11.3. The molecule has 1 aromatic carbocycles. The molecule has 0 saturated carbocycles. The van der Waals surface area contributed by atoms with E-state index in [1.165, 1.54) is 33.6 Å². The van der Waals surface area contributed by atoms with E-state index in [1.807, 2.05) is 0 Å². The van der Waals surface area contributed by atoms with Gasteiger partial charge < -0.3 is 4.98 Å². The zero-order valence-corrected chi connectivity index (χ0v) is 11.9. The number of benzene rings is 1. The third kappa shape index (κ3) is 1.40. The van der Waals surface area contributed by atoms with Crippen molar-refractivity contribution >= 4 is 0 Å². The lowest BCUT2D eigenvalue weighted by molar-refractivity contribution is 0.658. The van der Waals surface area contributed by atoms with Gasteiger partial charge >= 0.3 is 0 Å². The smallest absolute Gasteiger partial charge is 0.0500 e. The molecule has 1 aliphatic carbocycles. The minimum Gasteiger partial charge on any atom is -0.358 e. The van der Waals surface area contributed by atoms with E-state index in [2.05, 4.69) is 63.9 Å². The van der Waals surface area contributed by atoms with Crippen molar-refractivity contribution in [3.63, 3.8) is 0 Å². The van der Waals surface area contributed by atoms with Crippen LogP contribution in [0.2, 0.25) is 0 Å². The van der Waals surface area contributed by atoms with Crippen molar-refractivity contribution in [3.8, 4) is 11.3 Å². The van der Waals surface area contributed by atoms with Gasteiger partial charge in [-0.1, -0.05) is 45.9 Å². The first kappa shape index (κ1) is 11.6. The molecule has 1 heterocycles. The number of rotatable bonds is 1. The van der Waals surface area contributed by atoms with Gasteiger partial charge in [0.05, 0.1) is 5.69 Å². The van der Waals surface area contributed by atoms with E-state index in [4.69, 9.17) is 0 Å². The summed E-state index contributed by atoms with van der Waals surface area (Å²) in [5.41, 5.74) is 8.43. The molecule has 1 nitrogen and oxygen atoms in total. The molecule has 0 bridgehead atoms. The van der Waals surface area contributed by atoms with Gasteiger partial charge in [0.2, 0.25) is 0 Å². The molecule has 0 aliphatic heterocycles. The first-order valence-electron chi connectivity index (χ1n) is 6.76. The molecule has 1 heteroatoms. The molecule has 94 valence electrons. The zero-order chi connectivity index (χ0) is 13.1. The van der Waals surface area contributed by atoms with Gasteiger partial charge in [-0.3, -0.25) is 0 Å². The van der Waals surface area contributed by atoms with E-state index >= 15 is 0 Å². The molecule has 0 saturated heterocycles. The summed E-state index contributed by atoms with van der Waals surface area (Å²) in [4.78, 5) is 3.52.